The molecule has 0 heterocycles. The van der Waals surface area contributed by atoms with Crippen LogP contribution in [0.3, 0.4) is 0 Å². The van der Waals surface area contributed by atoms with Gasteiger partial charge < -0.3 is 10.2 Å². The molecule has 0 aliphatic heterocycles. The maximum absolute atomic E-state index is 12.2. The number of carbonyl (C=O) groups is 1. The lowest BCUT2D eigenvalue weighted by molar-refractivity contribution is -0.120. The van der Waals surface area contributed by atoms with Crippen LogP contribution >= 0.6 is 23.4 Å². The smallest absolute Gasteiger partial charge is 0.233 e. The van der Waals surface area contributed by atoms with E-state index < -0.39 is 0 Å². The van der Waals surface area contributed by atoms with E-state index in [2.05, 4.69) is 34.5 Å². The van der Waals surface area contributed by atoms with Crippen molar-refractivity contribution in [1.29, 1.82) is 0 Å². The molecule has 3 nitrogen and oxygen atoms in total. The summed E-state index contributed by atoms with van der Waals surface area (Å²) in [5, 5.41) is 3.54. The topological polar surface area (TPSA) is 32.3 Å². The Labute approximate surface area is 153 Å². The van der Waals surface area contributed by atoms with Gasteiger partial charge in [0.05, 0.1) is 5.25 Å². The van der Waals surface area contributed by atoms with E-state index in [1.165, 1.54) is 17.3 Å². The zero-order chi connectivity index (χ0) is 17.5. The molecule has 5 heteroatoms. The van der Waals surface area contributed by atoms with Crippen LogP contribution in [0.5, 0.6) is 0 Å². The summed E-state index contributed by atoms with van der Waals surface area (Å²) in [6.07, 6.45) is 0. The molecule has 0 saturated heterocycles. The van der Waals surface area contributed by atoms with Crippen molar-refractivity contribution in [1.82, 2.24) is 10.2 Å². The van der Waals surface area contributed by atoms with Gasteiger partial charge in [0.1, 0.15) is 0 Å². The van der Waals surface area contributed by atoms with Gasteiger partial charge in [-0.2, -0.15) is 0 Å². The Morgan fingerprint density at radius 2 is 1.67 bits per heavy atom. The van der Waals surface area contributed by atoms with Gasteiger partial charge in [-0.3, -0.25) is 4.79 Å². The van der Waals surface area contributed by atoms with Gasteiger partial charge in [-0.05, 0) is 56.4 Å². The second kappa shape index (κ2) is 9.11. The van der Waals surface area contributed by atoms with Gasteiger partial charge in [0.2, 0.25) is 5.91 Å². The lowest BCUT2D eigenvalue weighted by atomic mass is 10.1. The number of hydrogen-bond donors (Lipinski definition) is 1. The summed E-state index contributed by atoms with van der Waals surface area (Å²) in [6, 6.07) is 15.9. The third-order valence-corrected chi connectivity index (χ3v) is 4.85. The van der Waals surface area contributed by atoms with Gasteiger partial charge in [-0.25, -0.2) is 0 Å². The summed E-state index contributed by atoms with van der Waals surface area (Å²) in [5.74, 6) is 0.0346. The van der Waals surface area contributed by atoms with Crippen LogP contribution in [0.2, 0.25) is 5.02 Å². The molecule has 0 saturated carbocycles. The van der Waals surface area contributed by atoms with Crippen molar-refractivity contribution in [3.05, 3.63) is 64.7 Å². The molecule has 2 aromatic rings. The molecule has 2 rings (SSSR count). The highest BCUT2D eigenvalue weighted by Gasteiger charge is 2.14. The monoisotopic (exact) mass is 362 g/mol. The van der Waals surface area contributed by atoms with Gasteiger partial charge in [-0.15, -0.1) is 11.8 Å². The molecule has 0 unspecified atom stereocenters. The van der Waals surface area contributed by atoms with Gasteiger partial charge in [-0.1, -0.05) is 35.9 Å². The number of nitrogens with zero attached hydrogens (tertiary/aromatic N) is 1. The Balaban J connectivity index is 1.82. The fraction of sp³-hybridized carbons (Fsp3) is 0.316. The number of amides is 1. The van der Waals surface area contributed by atoms with Crippen molar-refractivity contribution < 1.29 is 4.79 Å². The number of halogens is 1. The molecule has 128 valence electrons. The molecule has 2 aromatic carbocycles. The molecular weight excluding hydrogens is 340 g/mol. The quantitative estimate of drug-likeness (QED) is 0.749. The Kier molecular flexibility index (Phi) is 7.16. The predicted molar refractivity (Wildman–Crippen MR) is 102 cm³/mol. The van der Waals surface area contributed by atoms with Crippen LogP contribution in [0.1, 0.15) is 18.1 Å². The molecule has 0 aliphatic carbocycles. The molecule has 0 fully saturated rings. The maximum atomic E-state index is 12.2. The highest BCUT2D eigenvalue weighted by Crippen LogP contribution is 2.24. The Morgan fingerprint density at radius 1 is 1.08 bits per heavy atom. The van der Waals surface area contributed by atoms with E-state index in [0.29, 0.717) is 11.6 Å². The summed E-state index contributed by atoms with van der Waals surface area (Å²) in [7, 11) is 4.10. The van der Waals surface area contributed by atoms with Crippen molar-refractivity contribution in [3.63, 3.8) is 0 Å². The molecule has 0 aromatic heterocycles. The summed E-state index contributed by atoms with van der Waals surface area (Å²) < 4.78 is 0. The highest BCUT2D eigenvalue weighted by atomic mass is 35.5. The number of thioether (sulfide) groups is 1. The highest BCUT2D eigenvalue weighted by molar-refractivity contribution is 8.00. The minimum atomic E-state index is -0.154. The number of nitrogens with one attached hydrogen (secondary N) is 1. The van der Waals surface area contributed by atoms with Crippen LogP contribution in [0.4, 0.5) is 0 Å². The van der Waals surface area contributed by atoms with E-state index in [0.717, 1.165) is 17.0 Å². The lowest BCUT2D eigenvalue weighted by Crippen LogP contribution is -2.30. The number of rotatable bonds is 7. The lowest BCUT2D eigenvalue weighted by Gasteiger charge is -2.13. The van der Waals surface area contributed by atoms with Crippen LogP contribution in [0.25, 0.3) is 0 Å². The average molecular weight is 363 g/mol. The molecule has 0 spiro atoms. The van der Waals surface area contributed by atoms with E-state index in [1.54, 1.807) is 0 Å². The van der Waals surface area contributed by atoms with Gasteiger partial charge in [0, 0.05) is 23.0 Å². The summed E-state index contributed by atoms with van der Waals surface area (Å²) in [5.41, 5.74) is 2.37. The van der Waals surface area contributed by atoms with E-state index in [9.17, 15) is 4.79 Å². The minimum absolute atomic E-state index is 0.0346. The maximum Gasteiger partial charge on any atom is 0.233 e. The van der Waals surface area contributed by atoms with Crippen LogP contribution in [0.15, 0.2) is 53.4 Å². The van der Waals surface area contributed by atoms with Crippen LogP contribution in [-0.4, -0.2) is 30.2 Å². The standard InChI is InChI=1S/C19H23ClN2OS/c1-14(24-18-10-8-17(20)9-11-18)19(23)21-12-15-4-6-16(7-5-15)13-22(2)3/h4-11,14H,12-13H2,1-3H3,(H,21,23)/t14-/m0/s1. The summed E-state index contributed by atoms with van der Waals surface area (Å²) in [6.45, 7) is 3.38. The van der Waals surface area contributed by atoms with Gasteiger partial charge in [0.25, 0.3) is 0 Å². The molecule has 24 heavy (non-hydrogen) atoms. The SMILES string of the molecule is C[C@H](Sc1ccc(Cl)cc1)C(=O)NCc1ccc(CN(C)C)cc1. The second-order valence-electron chi connectivity index (χ2n) is 5.99. The first-order valence-corrected chi connectivity index (χ1v) is 9.12. The Bertz CT molecular complexity index is 656. The zero-order valence-corrected chi connectivity index (χ0v) is 15.8. The molecule has 0 aliphatic rings. The van der Waals surface area contributed by atoms with Crippen molar-refractivity contribution in [3.8, 4) is 0 Å². The first kappa shape index (κ1) is 18.8. The largest absolute Gasteiger partial charge is 0.351 e. The minimum Gasteiger partial charge on any atom is -0.351 e. The summed E-state index contributed by atoms with van der Waals surface area (Å²) >= 11 is 7.40. The number of benzene rings is 2. The van der Waals surface area contributed by atoms with Crippen molar-refractivity contribution in [2.45, 2.75) is 30.2 Å². The fourth-order valence-electron chi connectivity index (χ4n) is 2.23. The molecule has 0 radical (unpaired) electrons. The van der Waals surface area contributed by atoms with Crippen molar-refractivity contribution in [2.24, 2.45) is 0 Å². The van der Waals surface area contributed by atoms with Crippen LogP contribution < -0.4 is 5.32 Å². The Hall–Kier alpha value is -1.49. The summed E-state index contributed by atoms with van der Waals surface area (Å²) in [4.78, 5) is 15.4. The zero-order valence-electron chi connectivity index (χ0n) is 14.3. The molecule has 1 amide bonds. The third-order valence-electron chi connectivity index (χ3n) is 3.48. The predicted octanol–water partition coefficient (Wildman–Crippen LogP) is 4.20. The first-order valence-electron chi connectivity index (χ1n) is 7.86. The third kappa shape index (κ3) is 6.19. The fourth-order valence-corrected chi connectivity index (χ4v) is 3.25. The second-order valence-corrected chi connectivity index (χ2v) is 7.84. The van der Waals surface area contributed by atoms with Crippen LogP contribution in [-0.2, 0) is 17.9 Å². The molecule has 1 N–H and O–H groups in total. The van der Waals surface area contributed by atoms with E-state index in [4.69, 9.17) is 11.6 Å². The molecular formula is C19H23ClN2OS. The number of carbonyl (C=O) groups excluding carboxylic acids is 1. The Morgan fingerprint density at radius 3 is 2.25 bits per heavy atom. The normalized spacial score (nSPS) is 12.2. The van der Waals surface area contributed by atoms with E-state index in [-0.39, 0.29) is 11.2 Å². The average Bonchev–Trinajstić information content (AvgIpc) is 2.55. The van der Waals surface area contributed by atoms with Gasteiger partial charge in [0.15, 0.2) is 0 Å². The van der Waals surface area contributed by atoms with Crippen LogP contribution in [0, 0.1) is 0 Å². The van der Waals surface area contributed by atoms with Crippen molar-refractivity contribution >= 4 is 29.3 Å². The van der Waals surface area contributed by atoms with E-state index >= 15 is 0 Å². The number of hydrogen-bond acceptors (Lipinski definition) is 3. The van der Waals surface area contributed by atoms with E-state index in [1.807, 2.05) is 45.3 Å². The van der Waals surface area contributed by atoms with Gasteiger partial charge >= 0.3 is 0 Å². The van der Waals surface area contributed by atoms with Crippen molar-refractivity contribution in [2.75, 3.05) is 14.1 Å². The first-order chi connectivity index (χ1) is 11.4. The molecule has 1 atom stereocenters. The molecule has 0 bridgehead atoms.